The molecule has 0 amide bonds. The van der Waals surface area contributed by atoms with Gasteiger partial charge in [0.15, 0.2) is 0 Å². The first kappa shape index (κ1) is 13.3. The van der Waals surface area contributed by atoms with Gasteiger partial charge in [0.25, 0.3) is 0 Å². The van der Waals surface area contributed by atoms with Crippen LogP contribution in [-0.2, 0) is 0 Å². The van der Waals surface area contributed by atoms with E-state index in [-0.39, 0.29) is 0 Å². The molecule has 0 aliphatic heterocycles. The number of fused-ring (bicyclic) bond motifs is 1. The van der Waals surface area contributed by atoms with Crippen molar-refractivity contribution >= 4 is 27.0 Å². The van der Waals surface area contributed by atoms with Gasteiger partial charge in [-0.05, 0) is 30.3 Å². The number of para-hydroxylation sites is 2. The molecule has 0 aliphatic carbocycles. The Labute approximate surface area is 137 Å². The smallest absolute Gasteiger partial charge is 0.145 e. The van der Waals surface area contributed by atoms with Crippen LogP contribution in [0.25, 0.3) is 28.1 Å². The summed E-state index contributed by atoms with van der Waals surface area (Å²) in [5.41, 5.74) is 4.32. The molecule has 0 spiro atoms. The monoisotopic (exact) mass is 348 g/mol. The molecular formula is C19H13BrN2. The maximum atomic E-state index is 4.84. The van der Waals surface area contributed by atoms with Crippen LogP contribution in [0.4, 0.5) is 0 Å². The first-order valence-electron chi connectivity index (χ1n) is 7.12. The molecule has 0 bridgehead atoms. The third-order valence-corrected chi connectivity index (χ3v) is 4.15. The van der Waals surface area contributed by atoms with Crippen molar-refractivity contribution in [1.82, 2.24) is 9.55 Å². The number of imidazole rings is 1. The molecule has 0 N–H and O–H groups in total. The van der Waals surface area contributed by atoms with Crippen LogP contribution in [0.1, 0.15) is 0 Å². The van der Waals surface area contributed by atoms with Gasteiger partial charge in [0.1, 0.15) is 5.82 Å². The molecule has 3 heteroatoms. The maximum Gasteiger partial charge on any atom is 0.145 e. The lowest BCUT2D eigenvalue weighted by atomic mass is 10.2. The molecular weight excluding hydrogens is 336 g/mol. The molecule has 4 aromatic rings. The van der Waals surface area contributed by atoms with Gasteiger partial charge in [-0.1, -0.05) is 64.5 Å². The van der Waals surface area contributed by atoms with Crippen LogP contribution >= 0.6 is 15.9 Å². The summed E-state index contributed by atoms with van der Waals surface area (Å²) < 4.78 is 3.26. The Bertz CT molecular complexity index is 942. The Morgan fingerprint density at radius 2 is 1.55 bits per heavy atom. The number of hydrogen-bond acceptors (Lipinski definition) is 1. The van der Waals surface area contributed by atoms with Crippen molar-refractivity contribution in [2.45, 2.75) is 0 Å². The second-order valence-electron chi connectivity index (χ2n) is 5.11. The minimum Gasteiger partial charge on any atom is -0.292 e. The first-order chi connectivity index (χ1) is 10.8. The fraction of sp³-hybridized carbons (Fsp3) is 0. The molecule has 0 atom stereocenters. The highest BCUT2D eigenvalue weighted by atomic mass is 79.9. The van der Waals surface area contributed by atoms with Crippen LogP contribution in [0.5, 0.6) is 0 Å². The fourth-order valence-corrected chi connectivity index (χ4v) is 3.07. The van der Waals surface area contributed by atoms with Gasteiger partial charge in [-0.25, -0.2) is 4.98 Å². The van der Waals surface area contributed by atoms with E-state index in [0.717, 1.165) is 32.6 Å². The van der Waals surface area contributed by atoms with Crippen molar-refractivity contribution in [1.29, 1.82) is 0 Å². The molecule has 2 nitrogen and oxygen atoms in total. The van der Waals surface area contributed by atoms with Gasteiger partial charge in [0.05, 0.1) is 11.0 Å². The second kappa shape index (κ2) is 5.43. The molecule has 1 heterocycles. The highest BCUT2D eigenvalue weighted by molar-refractivity contribution is 9.10. The number of rotatable bonds is 2. The quantitative estimate of drug-likeness (QED) is 0.470. The van der Waals surface area contributed by atoms with Gasteiger partial charge < -0.3 is 0 Å². The SMILES string of the molecule is Brc1cccc(-n2c(-c3ccccc3)nc3ccccc32)c1. The van der Waals surface area contributed by atoms with E-state index in [1.54, 1.807) is 0 Å². The molecule has 0 saturated carbocycles. The average molecular weight is 349 g/mol. The van der Waals surface area contributed by atoms with E-state index < -0.39 is 0 Å². The molecule has 22 heavy (non-hydrogen) atoms. The van der Waals surface area contributed by atoms with E-state index >= 15 is 0 Å². The highest BCUT2D eigenvalue weighted by Gasteiger charge is 2.13. The first-order valence-corrected chi connectivity index (χ1v) is 7.91. The van der Waals surface area contributed by atoms with Crippen molar-refractivity contribution in [2.75, 3.05) is 0 Å². The van der Waals surface area contributed by atoms with Crippen molar-refractivity contribution in [2.24, 2.45) is 0 Å². The van der Waals surface area contributed by atoms with E-state index in [9.17, 15) is 0 Å². The predicted molar refractivity (Wildman–Crippen MR) is 94.2 cm³/mol. The molecule has 0 aliphatic rings. The number of benzene rings is 3. The van der Waals surface area contributed by atoms with Gasteiger partial charge in [0, 0.05) is 15.7 Å². The van der Waals surface area contributed by atoms with Crippen molar-refractivity contribution in [3.8, 4) is 17.1 Å². The predicted octanol–water partition coefficient (Wildman–Crippen LogP) is 5.46. The van der Waals surface area contributed by atoms with Gasteiger partial charge in [0.2, 0.25) is 0 Å². The van der Waals surface area contributed by atoms with Crippen LogP contribution in [0.3, 0.4) is 0 Å². The summed E-state index contributed by atoms with van der Waals surface area (Å²) in [6, 6.07) is 26.8. The van der Waals surface area contributed by atoms with E-state index in [1.165, 1.54) is 0 Å². The zero-order chi connectivity index (χ0) is 14.9. The zero-order valence-corrected chi connectivity index (χ0v) is 13.4. The lowest BCUT2D eigenvalue weighted by Crippen LogP contribution is -1.97. The maximum absolute atomic E-state index is 4.84. The van der Waals surface area contributed by atoms with Crippen LogP contribution in [0, 0.1) is 0 Å². The van der Waals surface area contributed by atoms with Crippen LogP contribution in [0.2, 0.25) is 0 Å². The van der Waals surface area contributed by atoms with Crippen LogP contribution in [0.15, 0.2) is 83.3 Å². The molecule has 0 fully saturated rings. The zero-order valence-electron chi connectivity index (χ0n) is 11.8. The van der Waals surface area contributed by atoms with Crippen molar-refractivity contribution in [3.05, 3.63) is 83.3 Å². The van der Waals surface area contributed by atoms with E-state index in [4.69, 9.17) is 4.98 Å². The van der Waals surface area contributed by atoms with Crippen molar-refractivity contribution in [3.63, 3.8) is 0 Å². The Morgan fingerprint density at radius 3 is 2.36 bits per heavy atom. The summed E-state index contributed by atoms with van der Waals surface area (Å²) in [5.74, 6) is 0.958. The molecule has 0 radical (unpaired) electrons. The average Bonchev–Trinajstić information content (AvgIpc) is 2.95. The lowest BCUT2D eigenvalue weighted by molar-refractivity contribution is 1.10. The molecule has 106 valence electrons. The fourth-order valence-electron chi connectivity index (χ4n) is 2.68. The molecule has 3 aromatic carbocycles. The van der Waals surface area contributed by atoms with E-state index in [2.05, 4.69) is 56.9 Å². The highest BCUT2D eigenvalue weighted by Crippen LogP contribution is 2.29. The van der Waals surface area contributed by atoms with Gasteiger partial charge in [-0.2, -0.15) is 0 Å². The summed E-state index contributed by atoms with van der Waals surface area (Å²) >= 11 is 3.56. The van der Waals surface area contributed by atoms with Crippen molar-refractivity contribution < 1.29 is 0 Å². The van der Waals surface area contributed by atoms with Crippen LogP contribution in [-0.4, -0.2) is 9.55 Å². The van der Waals surface area contributed by atoms with Gasteiger partial charge >= 0.3 is 0 Å². The minimum atomic E-state index is 0.958. The van der Waals surface area contributed by atoms with Gasteiger partial charge in [-0.15, -0.1) is 0 Å². The Morgan fingerprint density at radius 1 is 0.773 bits per heavy atom. The summed E-state index contributed by atoms with van der Waals surface area (Å²) in [6.45, 7) is 0. The van der Waals surface area contributed by atoms with Gasteiger partial charge in [-0.3, -0.25) is 4.57 Å². The standard InChI is InChI=1S/C19H13BrN2/c20-15-9-6-10-16(13-15)22-18-12-5-4-11-17(18)21-19(22)14-7-2-1-3-8-14/h1-13H. The number of aromatic nitrogens is 2. The summed E-state index contributed by atoms with van der Waals surface area (Å²) in [5, 5.41) is 0. The summed E-state index contributed by atoms with van der Waals surface area (Å²) in [6.07, 6.45) is 0. The number of nitrogens with zero attached hydrogens (tertiary/aromatic N) is 2. The largest absolute Gasteiger partial charge is 0.292 e. The Balaban J connectivity index is 2.07. The number of halogens is 1. The molecule has 1 aromatic heterocycles. The third-order valence-electron chi connectivity index (χ3n) is 3.66. The summed E-state index contributed by atoms with van der Waals surface area (Å²) in [4.78, 5) is 4.84. The van der Waals surface area contributed by atoms with E-state index in [0.29, 0.717) is 0 Å². The molecule has 0 saturated heterocycles. The Hall–Kier alpha value is -2.39. The second-order valence-corrected chi connectivity index (χ2v) is 6.02. The minimum absolute atomic E-state index is 0.958. The topological polar surface area (TPSA) is 17.8 Å². The van der Waals surface area contributed by atoms with Crippen LogP contribution < -0.4 is 0 Å². The third kappa shape index (κ3) is 2.24. The molecule has 0 unspecified atom stereocenters. The lowest BCUT2D eigenvalue weighted by Gasteiger charge is -2.10. The van der Waals surface area contributed by atoms with E-state index in [1.807, 2.05) is 42.5 Å². The molecule has 4 rings (SSSR count). The number of hydrogen-bond donors (Lipinski definition) is 0. The Kier molecular flexibility index (Phi) is 3.28. The summed E-state index contributed by atoms with van der Waals surface area (Å²) in [7, 11) is 0. The normalized spacial score (nSPS) is 11.0.